The monoisotopic (exact) mass is 274 g/mol. The van der Waals surface area contributed by atoms with Crippen molar-refractivity contribution in [3.05, 3.63) is 59.2 Å². The van der Waals surface area contributed by atoms with Crippen LogP contribution in [-0.2, 0) is 12.5 Å². The van der Waals surface area contributed by atoms with Gasteiger partial charge < -0.3 is 0 Å². The van der Waals surface area contributed by atoms with Gasteiger partial charge in [-0.3, -0.25) is 10.4 Å². The normalized spacial score (nSPS) is 13.7. The Bertz CT molecular complexity index is 647. The van der Waals surface area contributed by atoms with Crippen molar-refractivity contribution >= 4 is 11.4 Å². The highest BCUT2D eigenvalue weighted by atomic mass is 19.3. The Morgan fingerprint density at radius 2 is 1.95 bits per heavy atom. The molecule has 0 spiro atoms. The zero-order valence-electron chi connectivity index (χ0n) is 11.5. The zero-order valence-corrected chi connectivity index (χ0v) is 11.5. The minimum absolute atomic E-state index is 0.0208. The number of benzene rings is 2. The van der Waals surface area contributed by atoms with Crippen molar-refractivity contribution < 1.29 is 8.78 Å². The second-order valence-corrected chi connectivity index (χ2v) is 5.30. The van der Waals surface area contributed by atoms with Crippen molar-refractivity contribution in [1.29, 1.82) is 0 Å². The molecule has 0 atom stereocenters. The number of anilines is 2. The minimum Gasteiger partial charge on any atom is -0.298 e. The molecule has 20 heavy (non-hydrogen) atoms. The molecule has 104 valence electrons. The summed E-state index contributed by atoms with van der Waals surface area (Å²) in [6.45, 7) is 3.73. The molecule has 0 amide bonds. The number of alkyl halides is 2. The third-order valence-corrected chi connectivity index (χ3v) is 3.49. The number of aryl methyl sites for hydroxylation is 1. The maximum atomic E-state index is 13.3. The lowest BCUT2D eigenvalue weighted by Gasteiger charge is -2.37. The van der Waals surface area contributed by atoms with Crippen LogP contribution < -0.4 is 10.4 Å². The molecular formula is C16H16F2N2. The Balaban J connectivity index is 1.80. The number of hydrogen-bond donors (Lipinski definition) is 1. The second-order valence-electron chi connectivity index (χ2n) is 5.30. The summed E-state index contributed by atoms with van der Waals surface area (Å²) in [4.78, 5) is 0. The standard InChI is InChI=1S/C16H16F2N2/c1-11-6-7-12-10-20(15(12)8-11)19-14-5-3-4-13(9-14)16(2,17)18/h3-9,19H,10H2,1-2H3. The van der Waals surface area contributed by atoms with Gasteiger partial charge in [-0.15, -0.1) is 0 Å². The van der Waals surface area contributed by atoms with Crippen LogP contribution in [0.3, 0.4) is 0 Å². The van der Waals surface area contributed by atoms with Gasteiger partial charge >= 0.3 is 0 Å². The molecule has 0 radical (unpaired) electrons. The second kappa shape index (κ2) is 4.47. The van der Waals surface area contributed by atoms with Crippen LogP contribution in [0.4, 0.5) is 20.2 Å². The molecule has 4 heteroatoms. The lowest BCUT2D eigenvalue weighted by molar-refractivity contribution is 0.0175. The van der Waals surface area contributed by atoms with E-state index >= 15 is 0 Å². The molecular weight excluding hydrogens is 258 g/mol. The number of halogens is 2. The van der Waals surface area contributed by atoms with E-state index in [0.717, 1.165) is 19.2 Å². The average Bonchev–Trinajstić information content (AvgIpc) is 2.38. The maximum absolute atomic E-state index is 13.3. The van der Waals surface area contributed by atoms with E-state index in [1.54, 1.807) is 12.1 Å². The summed E-state index contributed by atoms with van der Waals surface area (Å²) in [5.41, 5.74) is 7.43. The quantitative estimate of drug-likeness (QED) is 0.889. The van der Waals surface area contributed by atoms with Crippen LogP contribution in [0.25, 0.3) is 0 Å². The fourth-order valence-electron chi connectivity index (χ4n) is 2.34. The Labute approximate surface area is 117 Å². The molecule has 0 saturated heterocycles. The summed E-state index contributed by atoms with van der Waals surface area (Å²) < 4.78 is 26.6. The van der Waals surface area contributed by atoms with Gasteiger partial charge in [0.15, 0.2) is 0 Å². The van der Waals surface area contributed by atoms with Crippen LogP contribution in [0.2, 0.25) is 0 Å². The van der Waals surface area contributed by atoms with Crippen molar-refractivity contribution in [2.24, 2.45) is 0 Å². The van der Waals surface area contributed by atoms with Gasteiger partial charge in [-0.2, -0.15) is 0 Å². The summed E-state index contributed by atoms with van der Waals surface area (Å²) in [5.74, 6) is -2.82. The Morgan fingerprint density at radius 3 is 2.70 bits per heavy atom. The summed E-state index contributed by atoms with van der Waals surface area (Å²) in [6, 6.07) is 12.6. The third-order valence-electron chi connectivity index (χ3n) is 3.49. The van der Waals surface area contributed by atoms with Crippen LogP contribution in [0.5, 0.6) is 0 Å². The van der Waals surface area contributed by atoms with Crippen LogP contribution >= 0.6 is 0 Å². The predicted octanol–water partition coefficient (Wildman–Crippen LogP) is 4.45. The van der Waals surface area contributed by atoms with E-state index in [0.29, 0.717) is 5.69 Å². The van der Waals surface area contributed by atoms with Gasteiger partial charge in [0.1, 0.15) is 0 Å². The molecule has 0 fully saturated rings. The van der Waals surface area contributed by atoms with Crippen LogP contribution in [0.1, 0.15) is 23.6 Å². The molecule has 0 saturated carbocycles. The molecule has 2 aromatic carbocycles. The largest absolute Gasteiger partial charge is 0.298 e. The van der Waals surface area contributed by atoms with Gasteiger partial charge in [0.05, 0.1) is 17.9 Å². The van der Waals surface area contributed by atoms with Crippen LogP contribution in [0, 0.1) is 6.92 Å². The number of fused-ring (bicyclic) bond motifs is 1. The molecule has 3 rings (SSSR count). The van der Waals surface area contributed by atoms with Gasteiger partial charge in [-0.1, -0.05) is 24.3 Å². The zero-order chi connectivity index (χ0) is 14.3. The first kappa shape index (κ1) is 12.9. The van der Waals surface area contributed by atoms with E-state index in [2.05, 4.69) is 23.6 Å². The lowest BCUT2D eigenvalue weighted by Crippen LogP contribution is -2.37. The van der Waals surface area contributed by atoms with Gasteiger partial charge in [0.25, 0.3) is 5.92 Å². The van der Waals surface area contributed by atoms with E-state index in [1.165, 1.54) is 23.3 Å². The molecule has 1 N–H and O–H groups in total. The highest BCUT2D eigenvalue weighted by molar-refractivity contribution is 5.67. The summed E-state index contributed by atoms with van der Waals surface area (Å²) in [6.07, 6.45) is 0. The fourth-order valence-corrected chi connectivity index (χ4v) is 2.34. The number of hydrazine groups is 1. The van der Waals surface area contributed by atoms with Crippen molar-refractivity contribution in [2.45, 2.75) is 26.3 Å². The Hall–Kier alpha value is -2.10. The molecule has 1 heterocycles. The van der Waals surface area contributed by atoms with Gasteiger partial charge in [0, 0.05) is 12.5 Å². The minimum atomic E-state index is -2.82. The van der Waals surface area contributed by atoms with Gasteiger partial charge in [-0.25, -0.2) is 8.78 Å². The Kier molecular flexibility index (Phi) is 2.89. The van der Waals surface area contributed by atoms with E-state index < -0.39 is 5.92 Å². The highest BCUT2D eigenvalue weighted by Crippen LogP contribution is 2.34. The molecule has 1 aliphatic heterocycles. The number of nitrogens with one attached hydrogen (secondary N) is 1. The molecule has 2 aromatic rings. The fraction of sp³-hybridized carbons (Fsp3) is 0.250. The van der Waals surface area contributed by atoms with Gasteiger partial charge in [0.2, 0.25) is 0 Å². The molecule has 0 aromatic heterocycles. The topological polar surface area (TPSA) is 15.3 Å². The van der Waals surface area contributed by atoms with Crippen molar-refractivity contribution in [2.75, 3.05) is 10.4 Å². The number of hydrogen-bond acceptors (Lipinski definition) is 2. The van der Waals surface area contributed by atoms with E-state index in [-0.39, 0.29) is 5.56 Å². The summed E-state index contributed by atoms with van der Waals surface area (Å²) in [7, 11) is 0. The highest BCUT2D eigenvalue weighted by Gasteiger charge is 2.26. The Morgan fingerprint density at radius 1 is 1.15 bits per heavy atom. The molecule has 0 bridgehead atoms. The lowest BCUT2D eigenvalue weighted by atomic mass is 10.0. The number of rotatable bonds is 3. The van der Waals surface area contributed by atoms with Crippen molar-refractivity contribution in [1.82, 2.24) is 0 Å². The SMILES string of the molecule is Cc1ccc2c(c1)N(Nc1cccc(C(C)(F)F)c1)C2. The third kappa shape index (κ3) is 2.33. The van der Waals surface area contributed by atoms with Crippen LogP contribution in [0.15, 0.2) is 42.5 Å². The summed E-state index contributed by atoms with van der Waals surface area (Å²) >= 11 is 0. The number of nitrogens with zero attached hydrogens (tertiary/aromatic N) is 1. The van der Waals surface area contributed by atoms with Crippen molar-refractivity contribution in [3.8, 4) is 0 Å². The first-order valence-corrected chi connectivity index (χ1v) is 6.55. The van der Waals surface area contributed by atoms with E-state index in [1.807, 2.05) is 11.9 Å². The molecule has 2 nitrogen and oxygen atoms in total. The van der Waals surface area contributed by atoms with Crippen LogP contribution in [-0.4, -0.2) is 0 Å². The molecule has 1 aliphatic rings. The molecule has 0 unspecified atom stereocenters. The average molecular weight is 274 g/mol. The van der Waals surface area contributed by atoms with E-state index in [4.69, 9.17) is 0 Å². The molecule has 0 aliphatic carbocycles. The van der Waals surface area contributed by atoms with Gasteiger partial charge in [-0.05, 0) is 36.2 Å². The summed E-state index contributed by atoms with van der Waals surface area (Å²) in [5, 5.41) is 1.97. The van der Waals surface area contributed by atoms with Crippen molar-refractivity contribution in [3.63, 3.8) is 0 Å². The first-order chi connectivity index (χ1) is 9.43. The van der Waals surface area contributed by atoms with E-state index in [9.17, 15) is 8.78 Å². The predicted molar refractivity (Wildman–Crippen MR) is 77.0 cm³/mol. The first-order valence-electron chi connectivity index (χ1n) is 6.55. The smallest absolute Gasteiger partial charge is 0.270 e. The maximum Gasteiger partial charge on any atom is 0.270 e.